The minimum absolute atomic E-state index is 0.0734. The number of nitrogens with one attached hydrogen (secondary N) is 1. The minimum atomic E-state index is -0.119. The summed E-state index contributed by atoms with van der Waals surface area (Å²) in [4.78, 5) is 12.3. The standard InChI is InChI=1S/C9H14N2OS/c1-9(2,3)7-5-6(11-13-7)8(12)10-4/h5H,1-4H3,(H,10,12). The first-order valence-electron chi connectivity index (χ1n) is 4.14. The third-order valence-electron chi connectivity index (χ3n) is 1.71. The molecule has 1 rings (SSSR count). The number of amides is 1. The van der Waals surface area contributed by atoms with Crippen LogP contribution in [0, 0.1) is 0 Å². The summed E-state index contributed by atoms with van der Waals surface area (Å²) in [7, 11) is 1.61. The fraction of sp³-hybridized carbons (Fsp3) is 0.556. The van der Waals surface area contributed by atoms with Crippen molar-refractivity contribution in [2.75, 3.05) is 7.05 Å². The van der Waals surface area contributed by atoms with E-state index in [1.807, 2.05) is 6.07 Å². The van der Waals surface area contributed by atoms with Crippen molar-refractivity contribution in [3.05, 3.63) is 16.6 Å². The van der Waals surface area contributed by atoms with Crippen molar-refractivity contribution in [3.8, 4) is 0 Å². The van der Waals surface area contributed by atoms with Crippen molar-refractivity contribution >= 4 is 17.4 Å². The zero-order chi connectivity index (χ0) is 10.1. The van der Waals surface area contributed by atoms with Gasteiger partial charge < -0.3 is 5.32 Å². The average Bonchev–Trinajstić information content (AvgIpc) is 2.50. The lowest BCUT2D eigenvalue weighted by Crippen LogP contribution is -2.18. The molecule has 72 valence electrons. The van der Waals surface area contributed by atoms with Gasteiger partial charge in [-0.25, -0.2) is 0 Å². The molecule has 0 fully saturated rings. The maximum absolute atomic E-state index is 11.2. The van der Waals surface area contributed by atoms with Crippen LogP contribution in [0.4, 0.5) is 0 Å². The Morgan fingerprint density at radius 1 is 1.54 bits per heavy atom. The Bertz CT molecular complexity index is 312. The SMILES string of the molecule is CNC(=O)c1cc(C(C)(C)C)sn1. The summed E-state index contributed by atoms with van der Waals surface area (Å²) in [6, 6.07) is 1.85. The van der Waals surface area contributed by atoms with Crippen molar-refractivity contribution < 1.29 is 4.79 Å². The predicted octanol–water partition coefficient (Wildman–Crippen LogP) is 1.80. The van der Waals surface area contributed by atoms with Crippen LogP contribution in [0.5, 0.6) is 0 Å². The zero-order valence-electron chi connectivity index (χ0n) is 8.34. The maximum atomic E-state index is 11.2. The van der Waals surface area contributed by atoms with Crippen LogP contribution in [0.1, 0.15) is 36.1 Å². The van der Waals surface area contributed by atoms with Gasteiger partial charge in [-0.3, -0.25) is 4.79 Å². The molecule has 0 aromatic carbocycles. The smallest absolute Gasteiger partial charge is 0.270 e. The van der Waals surface area contributed by atoms with Crippen molar-refractivity contribution in [2.24, 2.45) is 0 Å². The lowest BCUT2D eigenvalue weighted by Gasteiger charge is -2.13. The molecule has 0 radical (unpaired) electrons. The van der Waals surface area contributed by atoms with Crippen molar-refractivity contribution in [3.63, 3.8) is 0 Å². The van der Waals surface area contributed by atoms with Crippen LogP contribution in [0.25, 0.3) is 0 Å². The van der Waals surface area contributed by atoms with E-state index < -0.39 is 0 Å². The number of carbonyl (C=O) groups excluding carboxylic acids is 1. The highest BCUT2D eigenvalue weighted by Crippen LogP contribution is 2.26. The van der Waals surface area contributed by atoms with Gasteiger partial charge in [-0.1, -0.05) is 20.8 Å². The monoisotopic (exact) mass is 198 g/mol. The fourth-order valence-electron chi connectivity index (χ4n) is 0.864. The summed E-state index contributed by atoms with van der Waals surface area (Å²) in [5.74, 6) is -0.119. The molecule has 0 unspecified atom stereocenters. The zero-order valence-corrected chi connectivity index (χ0v) is 9.16. The second-order valence-corrected chi connectivity index (χ2v) is 4.71. The molecule has 0 aliphatic rings. The Morgan fingerprint density at radius 3 is 2.54 bits per heavy atom. The largest absolute Gasteiger partial charge is 0.354 e. The molecule has 0 spiro atoms. The quantitative estimate of drug-likeness (QED) is 0.747. The highest BCUT2D eigenvalue weighted by atomic mass is 32.1. The highest BCUT2D eigenvalue weighted by Gasteiger charge is 2.19. The summed E-state index contributed by atoms with van der Waals surface area (Å²) in [6.45, 7) is 6.32. The fourth-order valence-corrected chi connectivity index (χ4v) is 1.63. The predicted molar refractivity (Wildman–Crippen MR) is 54.2 cm³/mol. The Hall–Kier alpha value is -0.900. The molecule has 0 saturated heterocycles. The Balaban J connectivity index is 2.93. The molecular weight excluding hydrogens is 184 g/mol. The van der Waals surface area contributed by atoms with E-state index in [9.17, 15) is 4.79 Å². The molecule has 1 N–H and O–H groups in total. The molecule has 1 amide bonds. The van der Waals surface area contributed by atoms with Gasteiger partial charge in [0.25, 0.3) is 5.91 Å². The summed E-state index contributed by atoms with van der Waals surface area (Å²) in [5, 5.41) is 2.55. The van der Waals surface area contributed by atoms with Crippen LogP contribution in [0.2, 0.25) is 0 Å². The summed E-state index contributed by atoms with van der Waals surface area (Å²) in [6.07, 6.45) is 0. The molecule has 0 bridgehead atoms. The molecular formula is C9H14N2OS. The van der Waals surface area contributed by atoms with Crippen LogP contribution in [0.15, 0.2) is 6.07 Å². The first kappa shape index (κ1) is 10.2. The molecule has 4 heteroatoms. The third-order valence-corrected chi connectivity index (χ3v) is 2.92. The number of carbonyl (C=O) groups is 1. The molecule has 1 heterocycles. The molecule has 1 aromatic rings. The second kappa shape index (κ2) is 3.46. The second-order valence-electron chi connectivity index (χ2n) is 3.91. The van der Waals surface area contributed by atoms with Crippen LogP contribution in [0.3, 0.4) is 0 Å². The number of hydrogen-bond acceptors (Lipinski definition) is 3. The van der Waals surface area contributed by atoms with Crippen molar-refractivity contribution in [1.82, 2.24) is 9.69 Å². The van der Waals surface area contributed by atoms with Crippen molar-refractivity contribution in [2.45, 2.75) is 26.2 Å². The van der Waals surface area contributed by atoms with E-state index in [1.165, 1.54) is 11.5 Å². The van der Waals surface area contributed by atoms with Crippen LogP contribution in [-0.4, -0.2) is 17.3 Å². The molecule has 1 aromatic heterocycles. The molecule has 0 aliphatic heterocycles. The number of aromatic nitrogens is 1. The van der Waals surface area contributed by atoms with E-state index in [0.717, 1.165) is 4.88 Å². The average molecular weight is 198 g/mol. The first-order valence-corrected chi connectivity index (χ1v) is 4.92. The Labute approximate surface area is 82.3 Å². The topological polar surface area (TPSA) is 42.0 Å². The minimum Gasteiger partial charge on any atom is -0.354 e. The van der Waals surface area contributed by atoms with Gasteiger partial charge in [0, 0.05) is 11.9 Å². The molecule has 0 saturated carbocycles. The lowest BCUT2D eigenvalue weighted by atomic mass is 9.94. The summed E-state index contributed by atoms with van der Waals surface area (Å²) < 4.78 is 4.08. The molecule has 0 atom stereocenters. The maximum Gasteiger partial charge on any atom is 0.270 e. The first-order chi connectivity index (χ1) is 5.95. The van der Waals surface area contributed by atoms with E-state index >= 15 is 0 Å². The van der Waals surface area contributed by atoms with Crippen LogP contribution >= 0.6 is 11.5 Å². The number of hydrogen-bond donors (Lipinski definition) is 1. The van der Waals surface area contributed by atoms with Gasteiger partial charge in [0.15, 0.2) is 0 Å². The summed E-state index contributed by atoms with van der Waals surface area (Å²) >= 11 is 1.39. The van der Waals surface area contributed by atoms with Gasteiger partial charge in [-0.15, -0.1) is 0 Å². The third kappa shape index (κ3) is 2.28. The lowest BCUT2D eigenvalue weighted by molar-refractivity contribution is 0.0959. The number of rotatable bonds is 1. The summed E-state index contributed by atoms with van der Waals surface area (Å²) in [5.41, 5.74) is 0.585. The van der Waals surface area contributed by atoms with Crippen molar-refractivity contribution in [1.29, 1.82) is 0 Å². The van der Waals surface area contributed by atoms with Gasteiger partial charge in [0.2, 0.25) is 0 Å². The van der Waals surface area contributed by atoms with Gasteiger partial charge in [-0.2, -0.15) is 4.37 Å². The van der Waals surface area contributed by atoms with Gasteiger partial charge in [0.05, 0.1) is 0 Å². The van der Waals surface area contributed by atoms with Crippen LogP contribution in [-0.2, 0) is 5.41 Å². The van der Waals surface area contributed by atoms with Gasteiger partial charge >= 0.3 is 0 Å². The van der Waals surface area contributed by atoms with Crippen LogP contribution < -0.4 is 5.32 Å². The van der Waals surface area contributed by atoms with E-state index in [4.69, 9.17) is 0 Å². The van der Waals surface area contributed by atoms with E-state index in [0.29, 0.717) is 5.69 Å². The highest BCUT2D eigenvalue weighted by molar-refractivity contribution is 7.06. The molecule has 0 aliphatic carbocycles. The number of nitrogens with zero attached hydrogens (tertiary/aromatic N) is 1. The van der Waals surface area contributed by atoms with Gasteiger partial charge in [0.1, 0.15) is 5.69 Å². The Morgan fingerprint density at radius 2 is 2.15 bits per heavy atom. The van der Waals surface area contributed by atoms with E-state index in [2.05, 4.69) is 30.5 Å². The molecule has 3 nitrogen and oxygen atoms in total. The Kier molecular flexibility index (Phi) is 2.71. The molecule has 13 heavy (non-hydrogen) atoms. The van der Waals surface area contributed by atoms with E-state index in [1.54, 1.807) is 7.05 Å². The normalized spacial score (nSPS) is 11.4. The van der Waals surface area contributed by atoms with Gasteiger partial charge in [-0.05, 0) is 23.0 Å². The van der Waals surface area contributed by atoms with E-state index in [-0.39, 0.29) is 11.3 Å².